The van der Waals surface area contributed by atoms with Crippen molar-refractivity contribution in [3.05, 3.63) is 16.9 Å². The molecule has 0 amide bonds. The fourth-order valence-electron chi connectivity index (χ4n) is 1.82. The summed E-state index contributed by atoms with van der Waals surface area (Å²) >= 11 is 6.02. The summed E-state index contributed by atoms with van der Waals surface area (Å²) < 4.78 is 1.71. The average Bonchev–Trinajstić information content (AvgIpc) is 2.66. The van der Waals surface area contributed by atoms with Crippen LogP contribution in [-0.2, 0) is 0 Å². The van der Waals surface area contributed by atoms with Crippen molar-refractivity contribution in [3.63, 3.8) is 0 Å². The predicted molar refractivity (Wildman–Crippen MR) is 70.7 cm³/mol. The second-order valence-electron chi connectivity index (χ2n) is 4.61. The Morgan fingerprint density at radius 1 is 1.41 bits per heavy atom. The average molecular weight is 257 g/mol. The molecule has 1 rings (SSSR count). The molecule has 96 valence electrons. The number of halogens is 1. The van der Waals surface area contributed by atoms with E-state index >= 15 is 0 Å². The van der Waals surface area contributed by atoms with E-state index in [2.05, 4.69) is 12.0 Å². The Morgan fingerprint density at radius 2 is 2.12 bits per heavy atom. The molecule has 1 aromatic heterocycles. The van der Waals surface area contributed by atoms with E-state index in [1.807, 2.05) is 13.8 Å². The molecular weight excluding hydrogens is 236 g/mol. The van der Waals surface area contributed by atoms with Crippen LogP contribution in [0.4, 0.5) is 0 Å². The van der Waals surface area contributed by atoms with Crippen LogP contribution in [0.3, 0.4) is 0 Å². The molecule has 0 saturated carbocycles. The summed E-state index contributed by atoms with van der Waals surface area (Å²) in [6.07, 6.45) is 6.53. The van der Waals surface area contributed by atoms with Gasteiger partial charge in [0, 0.05) is 12.5 Å². The molecule has 0 saturated heterocycles. The highest BCUT2D eigenvalue weighted by Gasteiger charge is 2.18. The Labute approximate surface area is 108 Å². The van der Waals surface area contributed by atoms with Gasteiger partial charge in [-0.1, -0.05) is 37.8 Å². The van der Waals surface area contributed by atoms with Crippen molar-refractivity contribution in [2.45, 2.75) is 58.9 Å². The lowest BCUT2D eigenvalue weighted by Gasteiger charge is -2.10. The van der Waals surface area contributed by atoms with Crippen LogP contribution in [0.2, 0.25) is 5.02 Å². The van der Waals surface area contributed by atoms with Gasteiger partial charge >= 0.3 is 0 Å². The highest BCUT2D eigenvalue weighted by atomic mass is 35.5. The molecule has 1 aromatic rings. The van der Waals surface area contributed by atoms with Crippen molar-refractivity contribution in [2.75, 3.05) is 0 Å². The maximum atomic E-state index is 12.1. The number of unbranched alkanes of at least 4 members (excludes halogenated alkanes) is 3. The number of Topliss-reactive ketones (excluding diaryl/α,β-unsaturated/α-hetero) is 1. The number of nitrogens with zero attached hydrogens (tertiary/aromatic N) is 2. The van der Waals surface area contributed by atoms with Crippen molar-refractivity contribution in [2.24, 2.45) is 0 Å². The molecule has 0 aliphatic rings. The van der Waals surface area contributed by atoms with E-state index in [1.165, 1.54) is 12.8 Å². The smallest absolute Gasteiger partial charge is 0.182 e. The number of rotatable bonds is 7. The number of hydrogen-bond donors (Lipinski definition) is 0. The molecule has 1 heterocycles. The molecule has 0 unspecified atom stereocenters. The lowest BCUT2D eigenvalue weighted by Crippen LogP contribution is -2.13. The van der Waals surface area contributed by atoms with Crippen molar-refractivity contribution in [1.29, 1.82) is 0 Å². The van der Waals surface area contributed by atoms with E-state index in [4.69, 9.17) is 11.6 Å². The maximum absolute atomic E-state index is 12.1. The summed E-state index contributed by atoms with van der Waals surface area (Å²) in [7, 11) is 0. The zero-order valence-electron chi connectivity index (χ0n) is 10.9. The van der Waals surface area contributed by atoms with Crippen molar-refractivity contribution in [1.82, 2.24) is 9.78 Å². The summed E-state index contributed by atoms with van der Waals surface area (Å²) in [6.45, 7) is 6.15. The van der Waals surface area contributed by atoms with Gasteiger partial charge in [-0.25, -0.2) is 0 Å². The zero-order valence-corrected chi connectivity index (χ0v) is 11.6. The summed E-state index contributed by atoms with van der Waals surface area (Å²) in [5.41, 5.74) is 0.568. The van der Waals surface area contributed by atoms with Crippen molar-refractivity contribution in [3.8, 4) is 0 Å². The third kappa shape index (κ3) is 3.84. The molecule has 0 aliphatic heterocycles. The van der Waals surface area contributed by atoms with Gasteiger partial charge in [0.05, 0.1) is 11.2 Å². The largest absolute Gasteiger partial charge is 0.292 e. The third-order valence-electron chi connectivity index (χ3n) is 2.76. The van der Waals surface area contributed by atoms with Crippen LogP contribution < -0.4 is 0 Å². The molecule has 0 aromatic carbocycles. The molecule has 0 aliphatic carbocycles. The molecule has 0 N–H and O–H groups in total. The van der Waals surface area contributed by atoms with Crippen LogP contribution >= 0.6 is 11.6 Å². The first-order valence-corrected chi connectivity index (χ1v) is 6.72. The van der Waals surface area contributed by atoms with Gasteiger partial charge in [-0.15, -0.1) is 0 Å². The quantitative estimate of drug-likeness (QED) is 0.539. The van der Waals surface area contributed by atoms with Crippen LogP contribution in [0.25, 0.3) is 0 Å². The van der Waals surface area contributed by atoms with Gasteiger partial charge in [0.15, 0.2) is 5.78 Å². The fraction of sp³-hybridized carbons (Fsp3) is 0.692. The van der Waals surface area contributed by atoms with Crippen LogP contribution in [0, 0.1) is 0 Å². The monoisotopic (exact) mass is 256 g/mol. The molecule has 0 bridgehead atoms. The van der Waals surface area contributed by atoms with Gasteiger partial charge in [0.2, 0.25) is 0 Å². The van der Waals surface area contributed by atoms with Crippen LogP contribution in [0.5, 0.6) is 0 Å². The maximum Gasteiger partial charge on any atom is 0.182 e. The lowest BCUT2D eigenvalue weighted by atomic mass is 10.1. The Balaban J connectivity index is 2.65. The number of carbonyl (C=O) groups excluding carboxylic acids is 1. The van der Waals surface area contributed by atoms with Crippen LogP contribution in [-0.4, -0.2) is 15.6 Å². The van der Waals surface area contributed by atoms with Gasteiger partial charge in [-0.05, 0) is 20.3 Å². The van der Waals surface area contributed by atoms with Crippen molar-refractivity contribution >= 4 is 17.4 Å². The van der Waals surface area contributed by atoms with E-state index < -0.39 is 0 Å². The van der Waals surface area contributed by atoms with Gasteiger partial charge in [0.1, 0.15) is 5.69 Å². The Hall–Kier alpha value is -0.830. The summed E-state index contributed by atoms with van der Waals surface area (Å²) in [6, 6.07) is 0.164. The SMILES string of the molecule is CCCCCCC(=O)c1c(Cl)cnn1C(C)C. The zero-order chi connectivity index (χ0) is 12.8. The molecule has 17 heavy (non-hydrogen) atoms. The first-order valence-electron chi connectivity index (χ1n) is 6.34. The van der Waals surface area contributed by atoms with Gasteiger partial charge in [-0.3, -0.25) is 9.48 Å². The Bertz CT molecular complexity index is 371. The minimum atomic E-state index is 0.109. The van der Waals surface area contributed by atoms with E-state index in [0.29, 0.717) is 17.1 Å². The first kappa shape index (κ1) is 14.2. The van der Waals surface area contributed by atoms with E-state index in [1.54, 1.807) is 10.9 Å². The number of carbonyl (C=O) groups is 1. The Morgan fingerprint density at radius 3 is 2.71 bits per heavy atom. The Kier molecular flexibility index (Phi) is 5.69. The standard InChI is InChI=1S/C13H21ClN2O/c1-4-5-6-7-8-12(17)13-11(14)9-15-16(13)10(2)3/h9-10H,4-8H2,1-3H3. The normalized spacial score (nSPS) is 11.1. The topological polar surface area (TPSA) is 34.9 Å². The van der Waals surface area contributed by atoms with Gasteiger partial charge in [-0.2, -0.15) is 5.10 Å². The van der Waals surface area contributed by atoms with E-state index in [-0.39, 0.29) is 11.8 Å². The molecule has 0 fully saturated rings. The molecule has 3 nitrogen and oxygen atoms in total. The van der Waals surface area contributed by atoms with Crippen LogP contribution in [0.1, 0.15) is 69.4 Å². The first-order chi connectivity index (χ1) is 8.07. The second kappa shape index (κ2) is 6.80. The lowest BCUT2D eigenvalue weighted by molar-refractivity contribution is 0.0967. The third-order valence-corrected chi connectivity index (χ3v) is 3.04. The number of aromatic nitrogens is 2. The van der Waals surface area contributed by atoms with Gasteiger partial charge in [0.25, 0.3) is 0 Å². The van der Waals surface area contributed by atoms with Gasteiger partial charge < -0.3 is 0 Å². The highest BCUT2D eigenvalue weighted by Crippen LogP contribution is 2.21. The van der Waals surface area contributed by atoms with Crippen LogP contribution in [0.15, 0.2) is 6.20 Å². The molecule has 4 heteroatoms. The fourth-order valence-corrected chi connectivity index (χ4v) is 2.06. The molecule has 0 spiro atoms. The molecule has 0 radical (unpaired) electrons. The second-order valence-corrected chi connectivity index (χ2v) is 5.02. The predicted octanol–water partition coefficient (Wildman–Crippen LogP) is 4.27. The summed E-state index contributed by atoms with van der Waals surface area (Å²) in [5, 5.41) is 4.62. The van der Waals surface area contributed by atoms with E-state index in [0.717, 1.165) is 12.8 Å². The minimum Gasteiger partial charge on any atom is -0.292 e. The van der Waals surface area contributed by atoms with E-state index in [9.17, 15) is 4.79 Å². The van der Waals surface area contributed by atoms with Crippen molar-refractivity contribution < 1.29 is 4.79 Å². The number of hydrogen-bond acceptors (Lipinski definition) is 2. The molecule has 0 atom stereocenters. The summed E-state index contributed by atoms with van der Waals surface area (Å²) in [5.74, 6) is 0.109. The molecular formula is C13H21ClN2O. The minimum absolute atomic E-state index is 0.109. The highest BCUT2D eigenvalue weighted by molar-refractivity contribution is 6.33. The number of ketones is 1. The summed E-state index contributed by atoms with van der Waals surface area (Å²) in [4.78, 5) is 12.1.